The maximum absolute atomic E-state index is 13.4. The van der Waals surface area contributed by atoms with Crippen LogP contribution in [0.1, 0.15) is 5.69 Å². The molecule has 2 aromatic rings. The number of aromatic nitrogens is 1. The van der Waals surface area contributed by atoms with Crippen LogP contribution in [-0.4, -0.2) is 13.4 Å². The number of sulfonamides is 1. The van der Waals surface area contributed by atoms with E-state index in [1.54, 1.807) is 18.2 Å². The van der Waals surface area contributed by atoms with Gasteiger partial charge >= 0.3 is 0 Å². The van der Waals surface area contributed by atoms with Crippen LogP contribution in [0.4, 0.5) is 8.78 Å². The molecule has 0 saturated heterocycles. The van der Waals surface area contributed by atoms with E-state index in [9.17, 15) is 17.2 Å². The van der Waals surface area contributed by atoms with Gasteiger partial charge in [-0.25, -0.2) is 21.9 Å². The molecule has 0 aliphatic carbocycles. The van der Waals surface area contributed by atoms with Crippen LogP contribution < -0.4 is 4.72 Å². The Bertz CT molecular complexity index is 655. The number of halogens is 2. The van der Waals surface area contributed by atoms with Crippen molar-refractivity contribution in [3.05, 3.63) is 59.9 Å². The summed E-state index contributed by atoms with van der Waals surface area (Å²) in [5.74, 6) is -2.26. The van der Waals surface area contributed by atoms with Gasteiger partial charge in [-0.3, -0.25) is 4.98 Å². The van der Waals surface area contributed by atoms with Gasteiger partial charge in [-0.1, -0.05) is 12.1 Å². The Hall–Kier alpha value is -1.86. The van der Waals surface area contributed by atoms with Crippen molar-refractivity contribution in [2.45, 2.75) is 11.4 Å². The highest BCUT2D eigenvalue weighted by atomic mass is 32.2. The molecule has 0 aliphatic heterocycles. The van der Waals surface area contributed by atoms with Gasteiger partial charge in [-0.2, -0.15) is 0 Å². The van der Waals surface area contributed by atoms with Crippen molar-refractivity contribution < 1.29 is 17.2 Å². The van der Waals surface area contributed by atoms with Crippen LogP contribution in [0.25, 0.3) is 0 Å². The van der Waals surface area contributed by atoms with Crippen molar-refractivity contribution in [1.82, 2.24) is 9.71 Å². The monoisotopic (exact) mass is 284 g/mol. The summed E-state index contributed by atoms with van der Waals surface area (Å²) in [7, 11) is -4.26. The zero-order chi connectivity index (χ0) is 13.9. The second-order valence-electron chi connectivity index (χ2n) is 3.70. The lowest BCUT2D eigenvalue weighted by molar-refractivity contribution is 0.513. The molecule has 19 heavy (non-hydrogen) atoms. The van der Waals surface area contributed by atoms with Gasteiger partial charge in [-0.05, 0) is 24.3 Å². The molecule has 0 unspecified atom stereocenters. The molecule has 0 radical (unpaired) electrons. The summed E-state index contributed by atoms with van der Waals surface area (Å²) in [5, 5.41) is 0. The van der Waals surface area contributed by atoms with Crippen LogP contribution in [0.5, 0.6) is 0 Å². The van der Waals surface area contributed by atoms with Crippen molar-refractivity contribution in [2.75, 3.05) is 0 Å². The Morgan fingerprint density at radius 3 is 2.32 bits per heavy atom. The molecular weight excluding hydrogens is 274 g/mol. The van der Waals surface area contributed by atoms with Gasteiger partial charge in [0.2, 0.25) is 10.0 Å². The lowest BCUT2D eigenvalue weighted by atomic mass is 10.3. The molecule has 0 atom stereocenters. The van der Waals surface area contributed by atoms with Gasteiger partial charge in [-0.15, -0.1) is 0 Å². The average Bonchev–Trinajstić information content (AvgIpc) is 2.37. The third-order valence-electron chi connectivity index (χ3n) is 2.36. The van der Waals surface area contributed by atoms with Crippen molar-refractivity contribution >= 4 is 10.0 Å². The number of pyridine rings is 1. The Kier molecular flexibility index (Phi) is 3.87. The number of benzene rings is 1. The highest BCUT2D eigenvalue weighted by Gasteiger charge is 2.23. The van der Waals surface area contributed by atoms with E-state index in [2.05, 4.69) is 9.71 Å². The molecule has 1 heterocycles. The van der Waals surface area contributed by atoms with Gasteiger partial charge in [0.1, 0.15) is 11.6 Å². The Morgan fingerprint density at radius 2 is 1.74 bits per heavy atom. The third kappa shape index (κ3) is 3.12. The second-order valence-corrected chi connectivity index (χ2v) is 5.40. The first-order valence-corrected chi connectivity index (χ1v) is 6.82. The van der Waals surface area contributed by atoms with Crippen molar-refractivity contribution in [3.8, 4) is 0 Å². The largest absolute Gasteiger partial charge is 0.260 e. The van der Waals surface area contributed by atoms with Crippen LogP contribution >= 0.6 is 0 Å². The summed E-state index contributed by atoms with van der Waals surface area (Å²) in [4.78, 5) is 2.93. The molecule has 7 heteroatoms. The number of hydrogen-bond donors (Lipinski definition) is 1. The predicted molar refractivity (Wildman–Crippen MR) is 64.6 cm³/mol. The molecule has 4 nitrogen and oxygen atoms in total. The van der Waals surface area contributed by atoms with E-state index < -0.39 is 26.6 Å². The molecule has 0 saturated carbocycles. The zero-order valence-electron chi connectivity index (χ0n) is 9.68. The maximum Gasteiger partial charge on any atom is 0.246 e. The van der Waals surface area contributed by atoms with Crippen LogP contribution in [-0.2, 0) is 16.6 Å². The van der Waals surface area contributed by atoms with Crippen LogP contribution in [0, 0.1) is 11.6 Å². The fourth-order valence-corrected chi connectivity index (χ4v) is 2.61. The van der Waals surface area contributed by atoms with Crippen LogP contribution in [0.15, 0.2) is 47.5 Å². The Morgan fingerprint density at radius 1 is 1.05 bits per heavy atom. The van der Waals surface area contributed by atoms with Crippen molar-refractivity contribution in [3.63, 3.8) is 0 Å². The summed E-state index contributed by atoms with van der Waals surface area (Å²) in [6.07, 6.45) is 1.49. The number of rotatable bonds is 4. The first kappa shape index (κ1) is 13.6. The third-order valence-corrected chi connectivity index (χ3v) is 3.81. The molecule has 1 aromatic carbocycles. The predicted octanol–water partition coefficient (Wildman–Crippen LogP) is 1.84. The lowest BCUT2D eigenvalue weighted by Crippen LogP contribution is -2.25. The molecule has 0 aliphatic rings. The normalized spacial score (nSPS) is 11.5. The standard InChI is InChI=1S/C12H10F2N2O2S/c13-10-5-3-6-11(14)12(10)19(17,18)16-8-9-4-1-2-7-15-9/h1-7,16H,8H2. The fraction of sp³-hybridized carbons (Fsp3) is 0.0833. The topological polar surface area (TPSA) is 59.1 Å². The van der Waals surface area contributed by atoms with E-state index in [0.29, 0.717) is 5.69 Å². The fourth-order valence-electron chi connectivity index (χ4n) is 1.48. The van der Waals surface area contributed by atoms with Gasteiger partial charge in [0.05, 0.1) is 12.2 Å². The first-order chi connectivity index (χ1) is 9.00. The van der Waals surface area contributed by atoms with Gasteiger partial charge < -0.3 is 0 Å². The van der Waals surface area contributed by atoms with E-state index >= 15 is 0 Å². The van der Waals surface area contributed by atoms with E-state index in [0.717, 1.165) is 18.2 Å². The van der Waals surface area contributed by atoms with E-state index in [4.69, 9.17) is 0 Å². The smallest absolute Gasteiger partial charge is 0.246 e. The minimum absolute atomic E-state index is 0.142. The highest BCUT2D eigenvalue weighted by molar-refractivity contribution is 7.89. The molecule has 0 amide bonds. The molecule has 2 rings (SSSR count). The molecule has 1 N–H and O–H groups in total. The summed E-state index contributed by atoms with van der Waals surface area (Å²) in [6.45, 7) is -0.142. The molecule has 0 bridgehead atoms. The van der Waals surface area contributed by atoms with Gasteiger partial charge in [0.25, 0.3) is 0 Å². The van der Waals surface area contributed by atoms with E-state index in [1.165, 1.54) is 6.20 Å². The molecule has 0 fully saturated rings. The first-order valence-electron chi connectivity index (χ1n) is 5.34. The SMILES string of the molecule is O=S(=O)(NCc1ccccn1)c1c(F)cccc1F. The highest BCUT2D eigenvalue weighted by Crippen LogP contribution is 2.18. The number of nitrogens with one attached hydrogen (secondary N) is 1. The average molecular weight is 284 g/mol. The van der Waals surface area contributed by atoms with Gasteiger partial charge in [0.15, 0.2) is 4.90 Å². The van der Waals surface area contributed by atoms with Crippen LogP contribution in [0.2, 0.25) is 0 Å². The van der Waals surface area contributed by atoms with Crippen LogP contribution in [0.3, 0.4) is 0 Å². The Labute approximate surface area is 109 Å². The summed E-state index contributed by atoms with van der Waals surface area (Å²) < 4.78 is 52.6. The molecule has 100 valence electrons. The maximum atomic E-state index is 13.4. The summed E-state index contributed by atoms with van der Waals surface area (Å²) >= 11 is 0. The quantitative estimate of drug-likeness (QED) is 0.932. The van der Waals surface area contributed by atoms with Crippen molar-refractivity contribution in [2.24, 2.45) is 0 Å². The summed E-state index contributed by atoms with van der Waals surface area (Å²) in [6, 6.07) is 7.83. The van der Waals surface area contributed by atoms with Crippen molar-refractivity contribution in [1.29, 1.82) is 0 Å². The van der Waals surface area contributed by atoms with Gasteiger partial charge in [0, 0.05) is 6.20 Å². The lowest BCUT2D eigenvalue weighted by Gasteiger charge is -2.08. The number of hydrogen-bond acceptors (Lipinski definition) is 3. The molecule has 1 aromatic heterocycles. The number of nitrogens with zero attached hydrogens (tertiary/aromatic N) is 1. The minimum atomic E-state index is -4.26. The van der Waals surface area contributed by atoms with E-state index in [1.807, 2.05) is 0 Å². The van der Waals surface area contributed by atoms with E-state index in [-0.39, 0.29) is 6.54 Å². The molecule has 0 spiro atoms. The second kappa shape index (κ2) is 5.41. The summed E-state index contributed by atoms with van der Waals surface area (Å²) in [5.41, 5.74) is 0.447. The Balaban J connectivity index is 2.24. The zero-order valence-corrected chi connectivity index (χ0v) is 10.5. The molecular formula is C12H10F2N2O2S. The minimum Gasteiger partial charge on any atom is -0.260 e.